The summed E-state index contributed by atoms with van der Waals surface area (Å²) in [6.45, 7) is 1.38. The van der Waals surface area contributed by atoms with Gasteiger partial charge in [0, 0.05) is 47.8 Å². The summed E-state index contributed by atoms with van der Waals surface area (Å²) in [6, 6.07) is 17.8. The van der Waals surface area contributed by atoms with Crippen molar-refractivity contribution in [3.63, 3.8) is 0 Å². The Morgan fingerprint density at radius 1 is 0.963 bits per heavy atom. The van der Waals surface area contributed by atoms with Crippen LogP contribution in [-0.2, 0) is 19.5 Å². The highest BCUT2D eigenvalue weighted by molar-refractivity contribution is 6.30. The fourth-order valence-electron chi connectivity index (χ4n) is 3.22. The highest BCUT2D eigenvalue weighted by atomic mass is 35.5. The highest BCUT2D eigenvalue weighted by Gasteiger charge is 2.12. The Labute approximate surface area is 163 Å². The third-order valence-electron chi connectivity index (χ3n) is 4.67. The Hall–Kier alpha value is -2.98. The van der Waals surface area contributed by atoms with E-state index in [4.69, 9.17) is 11.6 Å². The molecule has 0 aliphatic carbocycles. The molecule has 0 unspecified atom stereocenters. The van der Waals surface area contributed by atoms with Gasteiger partial charge in [-0.05, 0) is 47.9 Å². The fraction of sp³-hybridized carbons (Fsp3) is 0.136. The number of rotatable bonds is 6. The predicted octanol–water partition coefficient (Wildman–Crippen LogP) is 5.25. The van der Waals surface area contributed by atoms with Gasteiger partial charge < -0.3 is 15.0 Å². The van der Waals surface area contributed by atoms with Crippen molar-refractivity contribution in [2.45, 2.75) is 19.5 Å². The largest absolute Gasteiger partial charge is 0.494 e. The van der Waals surface area contributed by atoms with Crippen molar-refractivity contribution in [3.8, 4) is 5.88 Å². The van der Waals surface area contributed by atoms with Gasteiger partial charge in [-0.1, -0.05) is 35.9 Å². The van der Waals surface area contributed by atoms with Crippen LogP contribution >= 0.6 is 11.6 Å². The number of pyridine rings is 1. The molecular formula is C22H20ClN3O. The molecule has 5 heteroatoms. The lowest BCUT2D eigenvalue weighted by atomic mass is 10.1. The average molecular weight is 378 g/mol. The molecule has 2 N–H and O–H groups in total. The number of hydrogen-bond donors (Lipinski definition) is 2. The Balaban J connectivity index is 1.55. The van der Waals surface area contributed by atoms with Gasteiger partial charge in [-0.2, -0.15) is 0 Å². The van der Waals surface area contributed by atoms with Crippen LogP contribution in [0.4, 0.5) is 5.69 Å². The number of nitrogens with one attached hydrogen (secondary N) is 1. The molecule has 0 amide bonds. The smallest absolute Gasteiger partial charge is 0.201 e. The number of halogens is 1. The quantitative estimate of drug-likeness (QED) is 0.482. The first-order chi connectivity index (χ1) is 13.2. The molecule has 0 bridgehead atoms. The van der Waals surface area contributed by atoms with Gasteiger partial charge in [-0.15, -0.1) is 0 Å². The average Bonchev–Trinajstić information content (AvgIpc) is 3.03. The lowest BCUT2D eigenvalue weighted by Crippen LogP contribution is -2.00. The zero-order valence-corrected chi connectivity index (χ0v) is 15.5. The van der Waals surface area contributed by atoms with Crippen LogP contribution in [0.25, 0.3) is 10.8 Å². The van der Waals surface area contributed by atoms with E-state index < -0.39 is 0 Å². The van der Waals surface area contributed by atoms with Crippen molar-refractivity contribution < 1.29 is 5.11 Å². The first-order valence-corrected chi connectivity index (χ1v) is 9.26. The van der Waals surface area contributed by atoms with Crippen LogP contribution in [0.5, 0.6) is 5.88 Å². The van der Waals surface area contributed by atoms with Gasteiger partial charge in [-0.25, -0.2) is 0 Å². The van der Waals surface area contributed by atoms with Crippen LogP contribution < -0.4 is 5.32 Å². The Bertz CT molecular complexity index is 1040. The molecule has 0 aliphatic heterocycles. The number of aromatic hydroxyl groups is 1. The van der Waals surface area contributed by atoms with E-state index in [1.165, 1.54) is 5.56 Å². The van der Waals surface area contributed by atoms with Gasteiger partial charge in [0.25, 0.3) is 0 Å². The van der Waals surface area contributed by atoms with Gasteiger partial charge in [0.15, 0.2) is 0 Å². The van der Waals surface area contributed by atoms with E-state index in [0.29, 0.717) is 13.1 Å². The van der Waals surface area contributed by atoms with Crippen LogP contribution in [0.2, 0.25) is 5.02 Å². The van der Waals surface area contributed by atoms with Crippen LogP contribution in [0.1, 0.15) is 11.1 Å². The van der Waals surface area contributed by atoms with Crippen LogP contribution in [0.3, 0.4) is 0 Å². The van der Waals surface area contributed by atoms with Crippen molar-refractivity contribution in [1.29, 1.82) is 0 Å². The number of anilines is 1. The summed E-state index contributed by atoms with van der Waals surface area (Å²) >= 11 is 5.94. The topological polar surface area (TPSA) is 50.1 Å². The monoisotopic (exact) mass is 377 g/mol. The summed E-state index contributed by atoms with van der Waals surface area (Å²) in [6.07, 6.45) is 6.38. The molecule has 0 aliphatic rings. The van der Waals surface area contributed by atoms with Crippen molar-refractivity contribution in [2.75, 3.05) is 5.32 Å². The molecule has 2 aromatic carbocycles. The number of hydrogen-bond acceptors (Lipinski definition) is 3. The minimum Gasteiger partial charge on any atom is -0.494 e. The second-order valence-corrected chi connectivity index (χ2v) is 6.94. The first-order valence-electron chi connectivity index (χ1n) is 8.89. The molecular weight excluding hydrogens is 358 g/mol. The zero-order valence-electron chi connectivity index (χ0n) is 14.8. The summed E-state index contributed by atoms with van der Waals surface area (Å²) in [5, 5.41) is 16.8. The number of nitrogens with zero attached hydrogens (tertiary/aromatic N) is 2. The van der Waals surface area contributed by atoms with Crippen LogP contribution in [-0.4, -0.2) is 14.7 Å². The minimum absolute atomic E-state index is 0.289. The molecule has 0 fully saturated rings. The van der Waals surface area contributed by atoms with Gasteiger partial charge >= 0.3 is 0 Å². The lowest BCUT2D eigenvalue weighted by molar-refractivity contribution is 0.422. The standard InChI is InChI=1S/C22H20ClN3O/c23-19-6-4-16(5-7-19)10-13-26-15-18-2-1-3-20(21(18)22(26)27)25-14-17-8-11-24-12-9-17/h1-9,11-12,15,25,27H,10,13-14H2. The van der Waals surface area contributed by atoms with Gasteiger partial charge in [0.2, 0.25) is 5.88 Å². The second kappa shape index (κ2) is 7.72. The number of aryl methyl sites for hydroxylation is 2. The van der Waals surface area contributed by atoms with E-state index in [-0.39, 0.29) is 5.88 Å². The molecule has 27 heavy (non-hydrogen) atoms. The number of fused-ring (bicyclic) bond motifs is 1. The Morgan fingerprint density at radius 2 is 1.74 bits per heavy atom. The second-order valence-electron chi connectivity index (χ2n) is 6.50. The zero-order chi connectivity index (χ0) is 18.6. The molecule has 0 spiro atoms. The van der Waals surface area contributed by atoms with E-state index in [2.05, 4.69) is 10.3 Å². The SMILES string of the molecule is Oc1c2c(NCc3ccncc3)cccc2cn1CCc1ccc(Cl)cc1. The summed E-state index contributed by atoms with van der Waals surface area (Å²) in [4.78, 5) is 4.04. The summed E-state index contributed by atoms with van der Waals surface area (Å²) in [7, 11) is 0. The Kier molecular flexibility index (Phi) is 4.99. The van der Waals surface area contributed by atoms with Gasteiger partial charge in [-0.3, -0.25) is 4.98 Å². The molecule has 0 saturated carbocycles. The van der Waals surface area contributed by atoms with Crippen LogP contribution in [0.15, 0.2) is 73.2 Å². The van der Waals surface area contributed by atoms with Crippen LogP contribution in [0, 0.1) is 0 Å². The maximum atomic E-state index is 10.8. The molecule has 2 heterocycles. The summed E-state index contributed by atoms with van der Waals surface area (Å²) < 4.78 is 1.90. The molecule has 0 atom stereocenters. The maximum absolute atomic E-state index is 10.8. The minimum atomic E-state index is 0.289. The van der Waals surface area contributed by atoms with Crippen molar-refractivity contribution in [2.24, 2.45) is 0 Å². The van der Waals surface area contributed by atoms with E-state index in [1.54, 1.807) is 12.4 Å². The van der Waals surface area contributed by atoms with E-state index in [9.17, 15) is 5.11 Å². The van der Waals surface area contributed by atoms with E-state index in [0.717, 1.165) is 33.5 Å². The molecule has 2 aromatic heterocycles. The predicted molar refractivity (Wildman–Crippen MR) is 110 cm³/mol. The van der Waals surface area contributed by atoms with Gasteiger partial charge in [0.05, 0.1) is 5.39 Å². The molecule has 0 saturated heterocycles. The van der Waals surface area contributed by atoms with E-state index in [1.807, 2.05) is 65.4 Å². The summed E-state index contributed by atoms with van der Waals surface area (Å²) in [5.41, 5.74) is 3.25. The normalized spacial score (nSPS) is 11.0. The fourth-order valence-corrected chi connectivity index (χ4v) is 3.34. The Morgan fingerprint density at radius 3 is 2.52 bits per heavy atom. The first kappa shape index (κ1) is 17.4. The highest BCUT2D eigenvalue weighted by Crippen LogP contribution is 2.34. The maximum Gasteiger partial charge on any atom is 0.201 e. The number of aromatic nitrogens is 2. The molecule has 4 aromatic rings. The lowest BCUT2D eigenvalue weighted by Gasteiger charge is -2.09. The van der Waals surface area contributed by atoms with Gasteiger partial charge in [0.1, 0.15) is 0 Å². The third kappa shape index (κ3) is 3.91. The number of benzene rings is 2. The van der Waals surface area contributed by atoms with E-state index >= 15 is 0 Å². The molecule has 136 valence electrons. The third-order valence-corrected chi connectivity index (χ3v) is 4.93. The molecule has 4 nitrogen and oxygen atoms in total. The van der Waals surface area contributed by atoms with Crippen molar-refractivity contribution in [3.05, 3.63) is 89.3 Å². The molecule has 4 rings (SSSR count). The molecule has 0 radical (unpaired) electrons. The van der Waals surface area contributed by atoms with Crippen molar-refractivity contribution >= 4 is 28.1 Å². The van der Waals surface area contributed by atoms with Crippen molar-refractivity contribution in [1.82, 2.24) is 9.55 Å². The summed E-state index contributed by atoms with van der Waals surface area (Å²) in [5.74, 6) is 0.289.